The van der Waals surface area contributed by atoms with Crippen LogP contribution in [0.4, 0.5) is 0 Å². The van der Waals surface area contributed by atoms with Gasteiger partial charge in [0.05, 0.1) is 0 Å². The van der Waals surface area contributed by atoms with Gasteiger partial charge in [-0.1, -0.05) is 41.0 Å². The maximum atomic E-state index is 5.95. The minimum Gasteiger partial charge on any atom is -0.326 e. The summed E-state index contributed by atoms with van der Waals surface area (Å²) in [4.78, 5) is 2.20. The van der Waals surface area contributed by atoms with Crippen LogP contribution in [0.3, 0.4) is 0 Å². The van der Waals surface area contributed by atoms with E-state index in [9.17, 15) is 0 Å². The Morgan fingerprint density at radius 3 is 2.47 bits per heavy atom. The minimum absolute atomic E-state index is 0.476. The number of hydrogen-bond acceptors (Lipinski definition) is 2. The van der Waals surface area contributed by atoms with Crippen molar-refractivity contribution in [3.8, 4) is 0 Å². The Bertz CT molecular complexity index is 529. The third-order valence-corrected chi connectivity index (χ3v) is 3.84. The van der Waals surface area contributed by atoms with Gasteiger partial charge in [-0.3, -0.25) is 0 Å². The number of hydrogen-bond donors (Lipinski definition) is 1. The Balaban J connectivity index is 2.29. The largest absolute Gasteiger partial charge is 0.326 e. The number of halogens is 2. The van der Waals surface area contributed by atoms with Crippen molar-refractivity contribution in [3.05, 3.63) is 58.1 Å². The molecule has 0 aliphatic rings. The van der Waals surface area contributed by atoms with Crippen LogP contribution in [-0.4, -0.2) is 0 Å². The summed E-state index contributed by atoms with van der Waals surface area (Å²) in [7, 11) is 0. The molecule has 0 bridgehead atoms. The lowest BCUT2D eigenvalue weighted by molar-refractivity contribution is 1.03. The van der Waals surface area contributed by atoms with Crippen molar-refractivity contribution in [3.63, 3.8) is 0 Å². The molecule has 17 heavy (non-hydrogen) atoms. The molecule has 0 unspecified atom stereocenters. The van der Waals surface area contributed by atoms with E-state index in [1.54, 1.807) is 11.8 Å². The van der Waals surface area contributed by atoms with Gasteiger partial charge in [-0.15, -0.1) is 0 Å². The highest BCUT2D eigenvalue weighted by atomic mass is 35.5. The second kappa shape index (κ2) is 5.78. The molecule has 0 aromatic heterocycles. The summed E-state index contributed by atoms with van der Waals surface area (Å²) in [6, 6.07) is 13.5. The van der Waals surface area contributed by atoms with Gasteiger partial charge >= 0.3 is 0 Å². The molecule has 0 saturated carbocycles. The maximum Gasteiger partial charge on any atom is 0.0417 e. The van der Waals surface area contributed by atoms with Crippen molar-refractivity contribution >= 4 is 35.0 Å². The summed E-state index contributed by atoms with van der Waals surface area (Å²) in [6.45, 7) is 0.476. The number of rotatable bonds is 3. The van der Waals surface area contributed by atoms with Crippen molar-refractivity contribution in [1.82, 2.24) is 0 Å². The number of nitrogens with two attached hydrogens (primary N) is 1. The summed E-state index contributed by atoms with van der Waals surface area (Å²) < 4.78 is 0. The van der Waals surface area contributed by atoms with Crippen LogP contribution in [0.15, 0.2) is 52.3 Å². The second-order valence-electron chi connectivity index (χ2n) is 3.52. The fourth-order valence-electron chi connectivity index (χ4n) is 1.46. The van der Waals surface area contributed by atoms with Crippen molar-refractivity contribution in [2.24, 2.45) is 5.73 Å². The summed E-state index contributed by atoms with van der Waals surface area (Å²) in [5, 5.41) is 1.44. The quantitative estimate of drug-likeness (QED) is 0.891. The highest BCUT2D eigenvalue weighted by Crippen LogP contribution is 2.32. The van der Waals surface area contributed by atoms with Gasteiger partial charge in [0.1, 0.15) is 0 Å². The molecular formula is C13H11Cl2NS. The molecule has 2 aromatic carbocycles. The molecule has 0 radical (unpaired) electrons. The maximum absolute atomic E-state index is 5.95. The van der Waals surface area contributed by atoms with Crippen LogP contribution in [-0.2, 0) is 6.54 Å². The average molecular weight is 284 g/mol. The zero-order valence-electron chi connectivity index (χ0n) is 8.99. The Morgan fingerprint density at radius 2 is 1.76 bits per heavy atom. The van der Waals surface area contributed by atoms with Crippen LogP contribution in [0.25, 0.3) is 0 Å². The third kappa shape index (κ3) is 3.39. The molecule has 2 N–H and O–H groups in total. The monoisotopic (exact) mass is 283 g/mol. The average Bonchev–Trinajstić information content (AvgIpc) is 2.31. The van der Waals surface area contributed by atoms with Crippen molar-refractivity contribution in [2.75, 3.05) is 0 Å². The van der Waals surface area contributed by atoms with Gasteiger partial charge in [0.25, 0.3) is 0 Å². The van der Waals surface area contributed by atoms with E-state index >= 15 is 0 Å². The van der Waals surface area contributed by atoms with Gasteiger partial charge in [-0.2, -0.15) is 0 Å². The van der Waals surface area contributed by atoms with Crippen molar-refractivity contribution in [2.45, 2.75) is 16.3 Å². The van der Waals surface area contributed by atoms with Gasteiger partial charge in [-0.25, -0.2) is 0 Å². The molecule has 0 spiro atoms. The molecule has 4 heteroatoms. The predicted octanol–water partition coefficient (Wildman–Crippen LogP) is 4.60. The summed E-state index contributed by atoms with van der Waals surface area (Å²) in [5.74, 6) is 0. The zero-order valence-corrected chi connectivity index (χ0v) is 11.3. The zero-order chi connectivity index (χ0) is 12.3. The molecule has 2 rings (SSSR count). The van der Waals surface area contributed by atoms with Gasteiger partial charge in [-0.05, 0) is 42.0 Å². The minimum atomic E-state index is 0.476. The van der Waals surface area contributed by atoms with Gasteiger partial charge in [0.15, 0.2) is 0 Å². The topological polar surface area (TPSA) is 26.0 Å². The van der Waals surface area contributed by atoms with Gasteiger partial charge in [0, 0.05) is 26.4 Å². The Kier molecular flexibility index (Phi) is 4.35. The van der Waals surface area contributed by atoms with Crippen LogP contribution in [0, 0.1) is 0 Å². The molecule has 0 amide bonds. The van der Waals surface area contributed by atoms with Crippen LogP contribution in [0.1, 0.15) is 5.56 Å². The third-order valence-electron chi connectivity index (χ3n) is 2.27. The van der Waals surface area contributed by atoms with Crippen LogP contribution >= 0.6 is 35.0 Å². The Hall–Kier alpha value is -0.670. The summed E-state index contributed by atoms with van der Waals surface area (Å²) >= 11 is 13.5. The smallest absolute Gasteiger partial charge is 0.0417 e. The summed E-state index contributed by atoms with van der Waals surface area (Å²) in [5.41, 5.74) is 6.75. The van der Waals surface area contributed by atoms with Crippen molar-refractivity contribution < 1.29 is 0 Å². The molecule has 0 fully saturated rings. The van der Waals surface area contributed by atoms with E-state index in [4.69, 9.17) is 28.9 Å². The van der Waals surface area contributed by atoms with E-state index in [1.807, 2.05) is 42.5 Å². The molecule has 0 saturated heterocycles. The second-order valence-corrected chi connectivity index (χ2v) is 5.50. The SMILES string of the molecule is NCc1cc(Cl)ccc1Sc1cccc(Cl)c1. The van der Waals surface area contributed by atoms with Crippen LogP contribution in [0.5, 0.6) is 0 Å². The normalized spacial score (nSPS) is 10.5. The van der Waals surface area contributed by atoms with E-state index in [1.165, 1.54) is 0 Å². The molecule has 1 nitrogen and oxygen atoms in total. The van der Waals surface area contributed by atoms with Crippen LogP contribution < -0.4 is 5.73 Å². The lowest BCUT2D eigenvalue weighted by Gasteiger charge is -2.08. The first kappa shape index (κ1) is 12.8. The fraction of sp³-hybridized carbons (Fsp3) is 0.0769. The Morgan fingerprint density at radius 1 is 1.00 bits per heavy atom. The predicted molar refractivity (Wildman–Crippen MR) is 74.9 cm³/mol. The van der Waals surface area contributed by atoms with E-state index in [0.717, 1.165) is 20.4 Å². The first-order valence-corrected chi connectivity index (χ1v) is 6.68. The van der Waals surface area contributed by atoms with E-state index < -0.39 is 0 Å². The van der Waals surface area contributed by atoms with E-state index in [0.29, 0.717) is 11.6 Å². The molecule has 88 valence electrons. The van der Waals surface area contributed by atoms with Crippen LogP contribution in [0.2, 0.25) is 10.0 Å². The molecular weight excluding hydrogens is 273 g/mol. The molecule has 0 heterocycles. The van der Waals surface area contributed by atoms with E-state index in [2.05, 4.69) is 0 Å². The van der Waals surface area contributed by atoms with E-state index in [-0.39, 0.29) is 0 Å². The highest BCUT2D eigenvalue weighted by Gasteiger charge is 2.04. The molecule has 0 atom stereocenters. The van der Waals surface area contributed by atoms with Crippen molar-refractivity contribution in [1.29, 1.82) is 0 Å². The number of benzene rings is 2. The molecule has 0 aliphatic heterocycles. The molecule has 2 aromatic rings. The standard InChI is InChI=1S/C13H11Cl2NS/c14-10-2-1-3-12(7-10)17-13-5-4-11(15)6-9(13)8-16/h1-7H,8,16H2. The Labute approximate surface area is 115 Å². The lowest BCUT2D eigenvalue weighted by Crippen LogP contribution is -1.98. The van der Waals surface area contributed by atoms with Gasteiger partial charge in [0.2, 0.25) is 0 Å². The van der Waals surface area contributed by atoms with Gasteiger partial charge < -0.3 is 5.73 Å². The fourth-order valence-corrected chi connectivity index (χ4v) is 2.91. The summed E-state index contributed by atoms with van der Waals surface area (Å²) in [6.07, 6.45) is 0. The highest BCUT2D eigenvalue weighted by molar-refractivity contribution is 7.99. The first-order valence-electron chi connectivity index (χ1n) is 5.11. The lowest BCUT2D eigenvalue weighted by atomic mass is 10.2. The molecule has 0 aliphatic carbocycles. The first-order chi connectivity index (χ1) is 8.19.